The van der Waals surface area contributed by atoms with Crippen LogP contribution < -0.4 is 5.32 Å². The number of aliphatic hydroxyl groups is 1. The van der Waals surface area contributed by atoms with E-state index < -0.39 is 57.6 Å². The van der Waals surface area contributed by atoms with Crippen molar-refractivity contribution in [1.82, 2.24) is 5.32 Å². The van der Waals surface area contributed by atoms with Crippen LogP contribution in [-0.4, -0.2) is 64.9 Å². The lowest BCUT2D eigenvalue weighted by molar-refractivity contribution is -0.147. The summed E-state index contributed by atoms with van der Waals surface area (Å²) >= 11 is 0. The van der Waals surface area contributed by atoms with Gasteiger partial charge in [-0.3, -0.25) is 18.6 Å². The quantitative estimate of drug-likeness (QED) is 0.0370. The van der Waals surface area contributed by atoms with Gasteiger partial charge in [0.15, 0.2) is 6.04 Å². The molecule has 0 aliphatic carbocycles. The van der Waals surface area contributed by atoms with Crippen LogP contribution in [0.3, 0.4) is 0 Å². The Morgan fingerprint density at radius 1 is 0.744 bits per heavy atom. The predicted octanol–water partition coefficient (Wildman–Crippen LogP) is 5.93. The van der Waals surface area contributed by atoms with E-state index in [1.54, 1.807) is 0 Å². The van der Waals surface area contributed by atoms with Crippen LogP contribution in [0.2, 0.25) is 0 Å². The summed E-state index contributed by atoms with van der Waals surface area (Å²) in [7, 11) is -4.73. The van der Waals surface area contributed by atoms with Crippen LogP contribution in [-0.2, 0) is 32.7 Å². The monoisotopic (exact) mass is 629 g/mol. The molecule has 0 radical (unpaired) electrons. The lowest BCUT2D eigenvalue weighted by Gasteiger charge is -2.18. The number of hydrogen-bond donors (Lipinski definition) is 4. The molecule has 0 bridgehead atoms. The Labute approximate surface area is 256 Å². The van der Waals surface area contributed by atoms with Gasteiger partial charge in [-0.1, -0.05) is 81.7 Å². The number of rotatable bonds is 27. The standard InChI is InChI=1S/C31H52NO10P/c1-3-5-7-8-9-10-11-12-13-14-15-16-17-18-19-20-21-23-30(35)40-24-27(33)25-41-43(38,39)42-26-28(31(36)37)32-29(34)22-6-4-2/h9-10,12-13,15-16,18-19,27-28,33H,3-8,11,14,17,20-26H2,1-2H3,(H,32,34)(H,36,37)(H,38,39)/b10-9-,13-12-,16-15-,19-18-. The molecule has 3 unspecified atom stereocenters. The topological polar surface area (TPSA) is 169 Å². The van der Waals surface area contributed by atoms with Crippen molar-refractivity contribution in [3.05, 3.63) is 48.6 Å². The third-order valence-electron chi connectivity index (χ3n) is 5.87. The summed E-state index contributed by atoms with van der Waals surface area (Å²) in [6, 6.07) is -1.55. The Balaban J connectivity index is 4.00. The molecule has 3 atom stereocenters. The highest BCUT2D eigenvalue weighted by Crippen LogP contribution is 2.43. The van der Waals surface area contributed by atoms with Crippen molar-refractivity contribution >= 4 is 25.7 Å². The van der Waals surface area contributed by atoms with E-state index in [-0.39, 0.29) is 12.8 Å². The zero-order valence-corrected chi connectivity index (χ0v) is 26.6. The van der Waals surface area contributed by atoms with Gasteiger partial charge in [0, 0.05) is 12.8 Å². The van der Waals surface area contributed by atoms with Crippen LogP contribution in [0.25, 0.3) is 0 Å². The number of carboxylic acid groups (broad SMARTS) is 1. The number of esters is 1. The number of nitrogens with one attached hydrogen (secondary N) is 1. The number of amides is 1. The van der Waals surface area contributed by atoms with Crippen molar-refractivity contribution in [3.8, 4) is 0 Å². The summed E-state index contributed by atoms with van der Waals surface area (Å²) in [5.74, 6) is -2.50. The normalized spacial score (nSPS) is 14.9. The van der Waals surface area contributed by atoms with E-state index in [1.165, 1.54) is 19.3 Å². The van der Waals surface area contributed by atoms with Gasteiger partial charge in [0.25, 0.3) is 0 Å². The van der Waals surface area contributed by atoms with Gasteiger partial charge in [-0.25, -0.2) is 9.36 Å². The Morgan fingerprint density at radius 2 is 1.28 bits per heavy atom. The molecule has 0 saturated carbocycles. The van der Waals surface area contributed by atoms with E-state index >= 15 is 0 Å². The number of hydrogen-bond acceptors (Lipinski definition) is 8. The van der Waals surface area contributed by atoms with Crippen LogP contribution in [0, 0.1) is 0 Å². The fourth-order valence-corrected chi connectivity index (χ4v) is 4.17. The van der Waals surface area contributed by atoms with Crippen molar-refractivity contribution in [2.75, 3.05) is 19.8 Å². The zero-order valence-electron chi connectivity index (χ0n) is 25.7. The summed E-state index contributed by atoms with van der Waals surface area (Å²) < 4.78 is 26.2. The van der Waals surface area contributed by atoms with Crippen molar-refractivity contribution < 1.29 is 47.8 Å². The smallest absolute Gasteiger partial charge is 0.472 e. The molecule has 4 N–H and O–H groups in total. The summed E-state index contributed by atoms with van der Waals surface area (Å²) in [6.45, 7) is 2.12. The molecule has 43 heavy (non-hydrogen) atoms. The second-order valence-corrected chi connectivity index (χ2v) is 11.4. The van der Waals surface area contributed by atoms with Crippen LogP contribution in [0.1, 0.15) is 97.3 Å². The number of carbonyl (C=O) groups excluding carboxylic acids is 2. The maximum Gasteiger partial charge on any atom is 0.472 e. The molecule has 0 aromatic heterocycles. The Hall–Kier alpha value is -2.56. The molecule has 0 fully saturated rings. The van der Waals surface area contributed by atoms with Crippen molar-refractivity contribution in [2.45, 2.75) is 109 Å². The molecule has 1 amide bonds. The molecule has 246 valence electrons. The van der Waals surface area contributed by atoms with Gasteiger partial charge in [-0.15, -0.1) is 0 Å². The summed E-state index contributed by atoms with van der Waals surface area (Å²) in [5.41, 5.74) is 0. The highest BCUT2D eigenvalue weighted by Gasteiger charge is 2.28. The third-order valence-corrected chi connectivity index (χ3v) is 6.82. The minimum atomic E-state index is -4.73. The number of carbonyl (C=O) groups is 3. The molecule has 0 saturated heterocycles. The number of phosphoric acid groups is 1. The van der Waals surface area contributed by atoms with E-state index in [1.807, 2.05) is 19.1 Å². The highest BCUT2D eigenvalue weighted by atomic mass is 31.2. The number of unbranched alkanes of at least 4 members (excludes halogenated alkanes) is 5. The van der Waals surface area contributed by atoms with E-state index in [9.17, 15) is 34.1 Å². The first-order chi connectivity index (χ1) is 20.6. The van der Waals surface area contributed by atoms with Crippen LogP contribution >= 0.6 is 7.82 Å². The second kappa shape index (κ2) is 27.0. The molecule has 0 heterocycles. The lowest BCUT2D eigenvalue weighted by Crippen LogP contribution is -2.43. The molecule has 0 aromatic carbocycles. The molecule has 0 aliphatic heterocycles. The molecule has 11 nitrogen and oxygen atoms in total. The third kappa shape index (κ3) is 26.8. The maximum absolute atomic E-state index is 12.0. The average Bonchev–Trinajstić information content (AvgIpc) is 2.97. The fraction of sp³-hybridized carbons (Fsp3) is 0.645. The summed E-state index contributed by atoms with van der Waals surface area (Å²) in [5, 5.41) is 21.3. The van der Waals surface area contributed by atoms with Crippen LogP contribution in [0.5, 0.6) is 0 Å². The zero-order chi connectivity index (χ0) is 32.2. The molecule has 0 spiro atoms. The van der Waals surface area contributed by atoms with E-state index in [2.05, 4.69) is 57.7 Å². The van der Waals surface area contributed by atoms with Crippen molar-refractivity contribution in [3.63, 3.8) is 0 Å². The fourth-order valence-electron chi connectivity index (χ4n) is 3.40. The summed E-state index contributed by atoms with van der Waals surface area (Å²) in [6.07, 6.45) is 26.1. The highest BCUT2D eigenvalue weighted by molar-refractivity contribution is 7.47. The number of allylic oxidation sites excluding steroid dienone is 8. The molecule has 0 aromatic rings. The first kappa shape index (κ1) is 40.4. The number of ether oxygens (including phenoxy) is 1. The Kier molecular flexibility index (Phi) is 25.4. The molecular weight excluding hydrogens is 577 g/mol. The second-order valence-electron chi connectivity index (χ2n) is 9.94. The predicted molar refractivity (Wildman–Crippen MR) is 166 cm³/mol. The minimum absolute atomic E-state index is 0.114. The van der Waals surface area contributed by atoms with Gasteiger partial charge in [0.1, 0.15) is 12.7 Å². The number of phosphoric ester groups is 1. The number of aliphatic carboxylic acids is 1. The number of aliphatic hydroxyl groups excluding tert-OH is 1. The molecular formula is C31H52NO10P. The molecule has 12 heteroatoms. The number of carboxylic acids is 1. The van der Waals surface area contributed by atoms with Crippen LogP contribution in [0.15, 0.2) is 48.6 Å². The minimum Gasteiger partial charge on any atom is -0.480 e. The van der Waals surface area contributed by atoms with Crippen molar-refractivity contribution in [2.24, 2.45) is 0 Å². The maximum atomic E-state index is 12.0. The van der Waals surface area contributed by atoms with Crippen molar-refractivity contribution in [1.29, 1.82) is 0 Å². The van der Waals surface area contributed by atoms with E-state index in [0.29, 0.717) is 19.3 Å². The van der Waals surface area contributed by atoms with Gasteiger partial charge in [-0.05, 0) is 51.4 Å². The molecule has 0 aliphatic rings. The summed E-state index contributed by atoms with van der Waals surface area (Å²) in [4.78, 5) is 44.6. The van der Waals surface area contributed by atoms with Crippen LogP contribution in [0.4, 0.5) is 0 Å². The Morgan fingerprint density at radius 3 is 1.84 bits per heavy atom. The van der Waals surface area contributed by atoms with Gasteiger partial charge in [-0.2, -0.15) is 0 Å². The molecule has 0 rings (SSSR count). The average molecular weight is 630 g/mol. The van der Waals surface area contributed by atoms with Gasteiger partial charge < -0.3 is 25.2 Å². The van der Waals surface area contributed by atoms with Gasteiger partial charge in [0.05, 0.1) is 13.2 Å². The van der Waals surface area contributed by atoms with E-state index in [0.717, 1.165) is 32.1 Å². The van der Waals surface area contributed by atoms with E-state index in [4.69, 9.17) is 4.74 Å². The SMILES string of the molecule is CCCCC/C=C\C/C=C\C/C=C\C/C=C\CCCC(=O)OCC(O)COP(=O)(O)OCC(NC(=O)CCCC)C(=O)O. The van der Waals surface area contributed by atoms with Gasteiger partial charge >= 0.3 is 19.8 Å². The lowest BCUT2D eigenvalue weighted by atomic mass is 10.2. The largest absolute Gasteiger partial charge is 0.480 e. The first-order valence-electron chi connectivity index (χ1n) is 15.2. The first-order valence-corrected chi connectivity index (χ1v) is 16.7. The Bertz CT molecular complexity index is 932. The van der Waals surface area contributed by atoms with Gasteiger partial charge in [0.2, 0.25) is 5.91 Å².